The zero-order valence-corrected chi connectivity index (χ0v) is 10.3. The van der Waals surface area contributed by atoms with Crippen LogP contribution in [0.25, 0.3) is 11.0 Å². The Kier molecular flexibility index (Phi) is 3.52. The molecule has 2 rings (SSSR count). The van der Waals surface area contributed by atoms with E-state index in [-0.39, 0.29) is 22.5 Å². The molecule has 0 saturated carbocycles. The van der Waals surface area contributed by atoms with E-state index in [2.05, 4.69) is 5.10 Å². The van der Waals surface area contributed by atoms with Gasteiger partial charge in [0.15, 0.2) is 5.52 Å². The summed E-state index contributed by atoms with van der Waals surface area (Å²) in [5.41, 5.74) is 5.45. The number of fused-ring (bicyclic) bond motifs is 1. The lowest BCUT2D eigenvalue weighted by molar-refractivity contribution is -0.672. The van der Waals surface area contributed by atoms with E-state index in [1.54, 1.807) is 0 Å². The first kappa shape index (κ1) is 13.1. The molecule has 2 aromatic rings. The van der Waals surface area contributed by atoms with Crippen molar-refractivity contribution in [2.75, 3.05) is 12.3 Å². The number of nitrogens with zero attached hydrogens (tertiary/aromatic N) is 3. The van der Waals surface area contributed by atoms with Crippen LogP contribution < -0.4 is 20.0 Å². The lowest BCUT2D eigenvalue weighted by atomic mass is 10.3. The smallest absolute Gasteiger partial charge is 0.458 e. The number of ether oxygens (including phenoxy) is 1. The molecule has 1 aromatic heterocycles. The second kappa shape index (κ2) is 5.11. The molecule has 0 amide bonds. The van der Waals surface area contributed by atoms with Crippen molar-refractivity contribution in [3.63, 3.8) is 0 Å². The number of rotatable bonds is 4. The Morgan fingerprint density at radius 3 is 2.84 bits per heavy atom. The number of hydrogen-bond donors (Lipinski definition) is 2. The first-order valence-electron chi connectivity index (χ1n) is 5.76. The number of hydrogen-bond acceptors (Lipinski definition) is 6. The molecule has 8 heteroatoms. The van der Waals surface area contributed by atoms with E-state index in [0.717, 1.165) is 0 Å². The fourth-order valence-electron chi connectivity index (χ4n) is 1.54. The molecule has 0 radical (unpaired) electrons. The van der Waals surface area contributed by atoms with Gasteiger partial charge in [-0.05, 0) is 18.6 Å². The van der Waals surface area contributed by atoms with E-state index in [1.165, 1.54) is 18.2 Å². The number of nitrogen functional groups attached to an aromatic ring is 1. The van der Waals surface area contributed by atoms with Crippen LogP contribution in [-0.2, 0) is 0 Å². The molecule has 0 saturated heterocycles. The summed E-state index contributed by atoms with van der Waals surface area (Å²) in [5, 5.41) is 35.9. The van der Waals surface area contributed by atoms with Crippen molar-refractivity contribution in [3.8, 4) is 5.75 Å². The van der Waals surface area contributed by atoms with Gasteiger partial charge in [0.25, 0.3) is 0 Å². The largest absolute Gasteiger partial charge is 0.739 e. The maximum atomic E-state index is 11.6. The van der Waals surface area contributed by atoms with E-state index >= 15 is 0 Å². The van der Waals surface area contributed by atoms with Crippen LogP contribution in [0.15, 0.2) is 18.2 Å². The summed E-state index contributed by atoms with van der Waals surface area (Å²) in [5.74, 6) is -0.0475. The highest BCUT2D eigenvalue weighted by molar-refractivity contribution is 5.69. The van der Waals surface area contributed by atoms with Crippen molar-refractivity contribution in [2.24, 2.45) is 0 Å². The summed E-state index contributed by atoms with van der Waals surface area (Å²) in [4.78, 5) is 0.266. The van der Waals surface area contributed by atoms with Gasteiger partial charge < -0.3 is 20.3 Å². The number of nitrogens with two attached hydrogens (primary N) is 1. The standard InChI is InChI=1S/C11H14N4O4/c1-2-7(16)6-19-8-3-4-9-10(5-8)15(18)13-11(12)14(9)17/h3-5,7,16H,2,6H2,1H3,(H2,12,13). The maximum Gasteiger partial charge on any atom is 0.458 e. The van der Waals surface area contributed by atoms with Crippen LogP contribution in [0.1, 0.15) is 13.3 Å². The quantitative estimate of drug-likeness (QED) is 0.553. The molecule has 0 fully saturated rings. The molecule has 1 aromatic carbocycles. The minimum Gasteiger partial charge on any atom is -0.739 e. The van der Waals surface area contributed by atoms with Crippen molar-refractivity contribution in [2.45, 2.75) is 19.4 Å². The van der Waals surface area contributed by atoms with E-state index in [0.29, 0.717) is 16.9 Å². The van der Waals surface area contributed by atoms with Gasteiger partial charge in [0.2, 0.25) is 5.10 Å². The van der Waals surface area contributed by atoms with Gasteiger partial charge in [-0.25, -0.2) is 4.73 Å². The summed E-state index contributed by atoms with van der Waals surface area (Å²) in [6, 6.07) is 4.33. The van der Waals surface area contributed by atoms with Gasteiger partial charge >= 0.3 is 11.5 Å². The van der Waals surface area contributed by atoms with Crippen LogP contribution in [0.3, 0.4) is 0 Å². The predicted octanol–water partition coefficient (Wildman–Crippen LogP) is -0.766. The Hall–Kier alpha value is -2.35. The molecule has 0 spiro atoms. The minimum atomic E-state index is -0.580. The normalized spacial score (nSPS) is 12.5. The van der Waals surface area contributed by atoms with E-state index in [1.807, 2.05) is 6.92 Å². The zero-order chi connectivity index (χ0) is 14.0. The Bertz CT molecular complexity index is 605. The third-order valence-electron chi connectivity index (χ3n) is 2.69. The Labute approximate surface area is 108 Å². The molecular formula is C11H14N4O4. The van der Waals surface area contributed by atoms with Crippen molar-refractivity contribution in [1.82, 2.24) is 5.10 Å². The highest BCUT2D eigenvalue weighted by Gasteiger charge is 2.18. The van der Waals surface area contributed by atoms with Crippen LogP contribution in [-0.4, -0.2) is 22.9 Å². The molecule has 1 atom stereocenters. The molecule has 3 N–H and O–H groups in total. The fraction of sp³-hybridized carbons (Fsp3) is 0.364. The number of aliphatic hydroxyl groups excluding tert-OH is 1. The Balaban J connectivity index is 2.35. The first-order chi connectivity index (χ1) is 9.02. The van der Waals surface area contributed by atoms with Crippen LogP contribution in [0.4, 0.5) is 5.95 Å². The second-order valence-electron chi connectivity index (χ2n) is 4.05. The Morgan fingerprint density at radius 2 is 2.16 bits per heavy atom. The summed E-state index contributed by atoms with van der Waals surface area (Å²) in [7, 11) is 0. The number of anilines is 1. The molecule has 0 aliphatic heterocycles. The van der Waals surface area contributed by atoms with Crippen molar-refractivity contribution in [1.29, 1.82) is 0 Å². The van der Waals surface area contributed by atoms with Crippen molar-refractivity contribution >= 4 is 17.0 Å². The fourth-order valence-corrected chi connectivity index (χ4v) is 1.54. The second-order valence-corrected chi connectivity index (χ2v) is 4.05. The van der Waals surface area contributed by atoms with Crippen LogP contribution in [0, 0.1) is 10.4 Å². The highest BCUT2D eigenvalue weighted by Crippen LogP contribution is 2.16. The topological polar surface area (TPSA) is 122 Å². The molecule has 0 aliphatic rings. The molecule has 19 heavy (non-hydrogen) atoms. The van der Waals surface area contributed by atoms with Crippen LogP contribution in [0.5, 0.6) is 5.75 Å². The SMILES string of the molecule is CCC(O)COc1ccc2c(c1)[n+]([O-])nc(N)[n+]2[O-]. The summed E-state index contributed by atoms with van der Waals surface area (Å²) >= 11 is 0. The van der Waals surface area contributed by atoms with Crippen molar-refractivity contribution in [3.05, 3.63) is 28.6 Å². The lowest BCUT2D eigenvalue weighted by Gasteiger charge is -2.11. The first-order valence-corrected chi connectivity index (χ1v) is 5.76. The Morgan fingerprint density at radius 1 is 1.42 bits per heavy atom. The van der Waals surface area contributed by atoms with Crippen molar-refractivity contribution < 1.29 is 19.4 Å². The van der Waals surface area contributed by atoms with Crippen LogP contribution >= 0.6 is 0 Å². The average Bonchev–Trinajstić information content (AvgIpc) is 2.42. The van der Waals surface area contributed by atoms with E-state index in [9.17, 15) is 15.5 Å². The molecule has 102 valence electrons. The third-order valence-corrected chi connectivity index (χ3v) is 2.69. The van der Waals surface area contributed by atoms with E-state index in [4.69, 9.17) is 10.5 Å². The van der Waals surface area contributed by atoms with Gasteiger partial charge in [0, 0.05) is 4.85 Å². The molecule has 8 nitrogen and oxygen atoms in total. The zero-order valence-electron chi connectivity index (χ0n) is 10.3. The monoisotopic (exact) mass is 266 g/mol. The van der Waals surface area contributed by atoms with Gasteiger partial charge in [-0.1, -0.05) is 6.92 Å². The number of aromatic nitrogens is 3. The molecule has 0 aliphatic carbocycles. The predicted molar refractivity (Wildman–Crippen MR) is 65.9 cm³/mol. The van der Waals surface area contributed by atoms with Gasteiger partial charge in [-0.15, -0.1) is 0 Å². The summed E-state index contributed by atoms with van der Waals surface area (Å²) < 4.78 is 5.69. The molecule has 0 bridgehead atoms. The summed E-state index contributed by atoms with van der Waals surface area (Å²) in [6.45, 7) is 1.94. The number of benzene rings is 1. The molecular weight excluding hydrogens is 252 g/mol. The van der Waals surface area contributed by atoms with Gasteiger partial charge in [0.1, 0.15) is 12.4 Å². The van der Waals surface area contributed by atoms with Gasteiger partial charge in [-0.3, -0.25) is 5.73 Å². The summed E-state index contributed by atoms with van der Waals surface area (Å²) in [6.07, 6.45) is -0.0163. The van der Waals surface area contributed by atoms with Gasteiger partial charge in [0.05, 0.1) is 12.2 Å². The number of aliphatic hydroxyl groups is 1. The maximum absolute atomic E-state index is 11.6. The average molecular weight is 266 g/mol. The highest BCUT2D eigenvalue weighted by atomic mass is 16.5. The minimum absolute atomic E-state index is 0.0488. The van der Waals surface area contributed by atoms with E-state index < -0.39 is 12.1 Å². The third kappa shape index (κ3) is 2.58. The molecule has 1 unspecified atom stereocenters. The van der Waals surface area contributed by atoms with Crippen LogP contribution in [0.2, 0.25) is 0 Å². The van der Waals surface area contributed by atoms with Gasteiger partial charge in [-0.2, -0.15) is 0 Å². The molecule has 1 heterocycles. The lowest BCUT2D eigenvalue weighted by Crippen LogP contribution is -2.44.